The van der Waals surface area contributed by atoms with Gasteiger partial charge in [0.15, 0.2) is 0 Å². The summed E-state index contributed by atoms with van der Waals surface area (Å²) in [5, 5.41) is 15.5. The molecule has 3 heterocycles. The lowest BCUT2D eigenvalue weighted by Crippen LogP contribution is -1.99. The van der Waals surface area contributed by atoms with Gasteiger partial charge in [0.1, 0.15) is 10.6 Å². The third-order valence-electron chi connectivity index (χ3n) is 2.60. The summed E-state index contributed by atoms with van der Waals surface area (Å²) in [4.78, 5) is 18.2. The first-order valence-electron chi connectivity index (χ1n) is 5.25. The van der Waals surface area contributed by atoms with Gasteiger partial charge in [-0.15, -0.1) is 11.3 Å². The van der Waals surface area contributed by atoms with Crippen molar-refractivity contribution >= 4 is 39.0 Å². The number of pyridine rings is 1. The predicted molar refractivity (Wildman–Crippen MR) is 70.7 cm³/mol. The lowest BCUT2D eigenvalue weighted by molar-refractivity contribution is 0.0698. The minimum atomic E-state index is -0.932. The average Bonchev–Trinajstić information content (AvgIpc) is 2.96. The Morgan fingerprint density at radius 1 is 1.39 bits per heavy atom. The molecule has 0 aromatic carbocycles. The fraction of sp³-hybridized carbons (Fsp3) is 0. The van der Waals surface area contributed by atoms with Crippen LogP contribution in [0.4, 0.5) is 10.7 Å². The van der Waals surface area contributed by atoms with E-state index in [1.165, 1.54) is 11.3 Å². The van der Waals surface area contributed by atoms with Gasteiger partial charge in [-0.3, -0.25) is 0 Å². The molecule has 0 aliphatic carbocycles. The molecule has 0 radical (unpaired) electrons. The molecule has 0 spiro atoms. The maximum Gasteiger partial charge on any atom is 0.338 e. The highest BCUT2D eigenvalue weighted by Gasteiger charge is 2.12. The number of thiophene rings is 1. The number of rotatable bonds is 3. The lowest BCUT2D eigenvalue weighted by Gasteiger charge is -2.06. The molecule has 0 atom stereocenters. The molecule has 0 amide bonds. The molecular formula is C12H9N3O2S. The number of fused-ring (bicyclic) bond motifs is 1. The molecule has 0 unspecified atom stereocenters. The van der Waals surface area contributed by atoms with Crippen molar-refractivity contribution < 1.29 is 9.90 Å². The molecule has 5 nitrogen and oxygen atoms in total. The summed E-state index contributed by atoms with van der Waals surface area (Å²) in [5.41, 5.74) is 1.89. The fourth-order valence-corrected chi connectivity index (χ4v) is 2.56. The highest BCUT2D eigenvalue weighted by molar-refractivity contribution is 7.14. The highest BCUT2D eigenvalue weighted by atomic mass is 32.1. The minimum Gasteiger partial charge on any atom is -0.478 e. The van der Waals surface area contributed by atoms with E-state index in [1.807, 2.05) is 12.1 Å². The zero-order chi connectivity index (χ0) is 12.5. The number of carboxylic acid groups (broad SMARTS) is 1. The van der Waals surface area contributed by atoms with Crippen LogP contribution in [0.1, 0.15) is 10.4 Å². The van der Waals surface area contributed by atoms with Crippen LogP contribution >= 0.6 is 11.3 Å². The van der Waals surface area contributed by atoms with Gasteiger partial charge in [-0.05, 0) is 23.6 Å². The molecule has 18 heavy (non-hydrogen) atoms. The Balaban J connectivity index is 2.04. The van der Waals surface area contributed by atoms with Gasteiger partial charge >= 0.3 is 5.97 Å². The van der Waals surface area contributed by atoms with Crippen molar-refractivity contribution in [2.45, 2.75) is 0 Å². The van der Waals surface area contributed by atoms with Crippen LogP contribution in [0.5, 0.6) is 0 Å². The molecule has 0 fully saturated rings. The van der Waals surface area contributed by atoms with Gasteiger partial charge in [0.05, 0.1) is 11.3 Å². The van der Waals surface area contributed by atoms with E-state index in [0.29, 0.717) is 5.00 Å². The first-order chi connectivity index (χ1) is 8.75. The van der Waals surface area contributed by atoms with E-state index in [-0.39, 0.29) is 5.56 Å². The largest absolute Gasteiger partial charge is 0.478 e. The Morgan fingerprint density at radius 2 is 2.28 bits per heavy atom. The van der Waals surface area contributed by atoms with Crippen LogP contribution in [0.2, 0.25) is 0 Å². The quantitative estimate of drug-likeness (QED) is 0.675. The second-order valence-electron chi connectivity index (χ2n) is 3.69. The highest BCUT2D eigenvalue weighted by Crippen LogP contribution is 2.30. The standard InChI is InChI=1S/C12H9N3O2S/c16-12(17)8-3-6-18-11(8)15-9-2-5-14-10-7(9)1-4-13-10/h1-6H,(H,16,17)(H2,13,14,15). The Hall–Kier alpha value is -2.34. The molecule has 0 saturated heterocycles. The molecule has 0 bridgehead atoms. The van der Waals surface area contributed by atoms with Gasteiger partial charge in [0.2, 0.25) is 0 Å². The van der Waals surface area contributed by atoms with Crippen molar-refractivity contribution in [1.29, 1.82) is 0 Å². The Kier molecular flexibility index (Phi) is 2.49. The second-order valence-corrected chi connectivity index (χ2v) is 4.61. The Bertz CT molecular complexity index is 717. The van der Waals surface area contributed by atoms with Gasteiger partial charge in [0, 0.05) is 17.8 Å². The van der Waals surface area contributed by atoms with Crippen molar-refractivity contribution in [2.75, 3.05) is 5.32 Å². The van der Waals surface area contributed by atoms with Crippen molar-refractivity contribution in [3.63, 3.8) is 0 Å². The number of aromatic nitrogens is 2. The van der Waals surface area contributed by atoms with E-state index < -0.39 is 5.97 Å². The van der Waals surface area contributed by atoms with Crippen LogP contribution in [0.15, 0.2) is 36.0 Å². The van der Waals surface area contributed by atoms with E-state index in [2.05, 4.69) is 15.3 Å². The van der Waals surface area contributed by atoms with Crippen LogP contribution in [0.25, 0.3) is 11.0 Å². The molecule has 3 N–H and O–H groups in total. The minimum absolute atomic E-state index is 0.278. The summed E-state index contributed by atoms with van der Waals surface area (Å²) in [6.45, 7) is 0. The summed E-state index contributed by atoms with van der Waals surface area (Å²) < 4.78 is 0. The van der Waals surface area contributed by atoms with Crippen LogP contribution in [0.3, 0.4) is 0 Å². The first-order valence-corrected chi connectivity index (χ1v) is 6.13. The van der Waals surface area contributed by atoms with Crippen molar-refractivity contribution in [3.05, 3.63) is 41.5 Å². The van der Waals surface area contributed by atoms with Crippen molar-refractivity contribution in [3.8, 4) is 0 Å². The van der Waals surface area contributed by atoms with E-state index in [0.717, 1.165) is 16.7 Å². The SMILES string of the molecule is O=C(O)c1ccsc1Nc1ccnc2[nH]ccc12. The Labute approximate surface area is 106 Å². The number of aromatic amines is 1. The number of carbonyl (C=O) groups is 1. The van der Waals surface area contributed by atoms with Gasteiger partial charge < -0.3 is 15.4 Å². The maximum atomic E-state index is 11.0. The monoisotopic (exact) mass is 259 g/mol. The topological polar surface area (TPSA) is 78.0 Å². The lowest BCUT2D eigenvalue weighted by atomic mass is 10.2. The van der Waals surface area contributed by atoms with E-state index in [9.17, 15) is 4.79 Å². The molecule has 3 rings (SSSR count). The number of aromatic carboxylic acids is 1. The normalized spacial score (nSPS) is 10.7. The predicted octanol–water partition coefficient (Wildman–Crippen LogP) is 3.07. The van der Waals surface area contributed by atoms with Gasteiger partial charge in [-0.25, -0.2) is 9.78 Å². The third-order valence-corrected chi connectivity index (χ3v) is 3.43. The Morgan fingerprint density at radius 3 is 3.11 bits per heavy atom. The van der Waals surface area contributed by atoms with Gasteiger partial charge in [-0.1, -0.05) is 0 Å². The van der Waals surface area contributed by atoms with E-state index in [1.54, 1.807) is 23.8 Å². The molecular weight excluding hydrogens is 250 g/mol. The van der Waals surface area contributed by atoms with Crippen LogP contribution in [0, 0.1) is 0 Å². The maximum absolute atomic E-state index is 11.0. The fourth-order valence-electron chi connectivity index (χ4n) is 1.77. The molecule has 3 aromatic rings. The van der Waals surface area contributed by atoms with E-state index in [4.69, 9.17) is 5.11 Å². The molecule has 90 valence electrons. The summed E-state index contributed by atoms with van der Waals surface area (Å²) in [7, 11) is 0. The van der Waals surface area contributed by atoms with Crippen LogP contribution in [-0.4, -0.2) is 21.0 Å². The number of anilines is 2. The van der Waals surface area contributed by atoms with Gasteiger partial charge in [-0.2, -0.15) is 0 Å². The summed E-state index contributed by atoms with van der Waals surface area (Å²) >= 11 is 1.36. The number of hydrogen-bond acceptors (Lipinski definition) is 4. The zero-order valence-corrected chi connectivity index (χ0v) is 9.99. The number of nitrogens with zero attached hydrogens (tertiary/aromatic N) is 1. The number of carboxylic acids is 1. The number of hydrogen-bond donors (Lipinski definition) is 3. The van der Waals surface area contributed by atoms with Crippen molar-refractivity contribution in [1.82, 2.24) is 9.97 Å². The molecule has 6 heteroatoms. The van der Waals surface area contributed by atoms with Crippen LogP contribution in [-0.2, 0) is 0 Å². The van der Waals surface area contributed by atoms with Crippen LogP contribution < -0.4 is 5.32 Å². The second kappa shape index (κ2) is 4.15. The number of H-pyrrole nitrogens is 1. The van der Waals surface area contributed by atoms with E-state index >= 15 is 0 Å². The average molecular weight is 259 g/mol. The summed E-state index contributed by atoms with van der Waals surface area (Å²) in [6, 6.07) is 5.31. The molecule has 0 aliphatic heterocycles. The number of nitrogens with one attached hydrogen (secondary N) is 2. The smallest absolute Gasteiger partial charge is 0.338 e. The van der Waals surface area contributed by atoms with Gasteiger partial charge in [0.25, 0.3) is 0 Å². The zero-order valence-electron chi connectivity index (χ0n) is 9.18. The molecule has 3 aromatic heterocycles. The molecule has 0 saturated carbocycles. The molecule has 0 aliphatic rings. The summed E-state index contributed by atoms with van der Waals surface area (Å²) in [6.07, 6.45) is 3.48. The summed E-state index contributed by atoms with van der Waals surface area (Å²) in [5.74, 6) is -0.932. The third kappa shape index (κ3) is 1.72. The van der Waals surface area contributed by atoms with Crippen molar-refractivity contribution in [2.24, 2.45) is 0 Å². The first kappa shape index (κ1) is 10.8.